The second-order valence-corrected chi connectivity index (χ2v) is 10.4. The van der Waals surface area contributed by atoms with E-state index in [1.807, 2.05) is 13.8 Å². The average Bonchev–Trinajstić information content (AvgIpc) is 3.02. The number of sulfonamides is 1. The summed E-state index contributed by atoms with van der Waals surface area (Å²) in [7, 11) is -1.28. The largest absolute Gasteiger partial charge is 0.304 e. The van der Waals surface area contributed by atoms with Crippen molar-refractivity contribution >= 4 is 10.0 Å². The summed E-state index contributed by atoms with van der Waals surface area (Å²) in [5.41, 5.74) is 0.754. The number of aromatic nitrogens is 2. The van der Waals surface area contributed by atoms with Crippen LogP contribution in [0.4, 0.5) is 0 Å². The van der Waals surface area contributed by atoms with E-state index in [9.17, 15) is 8.42 Å². The van der Waals surface area contributed by atoms with Crippen molar-refractivity contribution in [1.82, 2.24) is 23.9 Å². The summed E-state index contributed by atoms with van der Waals surface area (Å²) in [5, 5.41) is 4.26. The molecular formula is C19H33N5O2S. The molecule has 152 valence electrons. The molecule has 2 bridgehead atoms. The minimum absolute atomic E-state index is 0.389. The van der Waals surface area contributed by atoms with E-state index in [0.717, 1.165) is 44.7 Å². The third kappa shape index (κ3) is 3.45. The molecule has 3 heterocycles. The second-order valence-electron chi connectivity index (χ2n) is 8.51. The van der Waals surface area contributed by atoms with E-state index in [4.69, 9.17) is 0 Å². The van der Waals surface area contributed by atoms with Gasteiger partial charge >= 0.3 is 0 Å². The standard InChI is InChI=1S/C19H33N5O2S/c1-4-24-15(2)18(12-20-24)27(25,26)23-13-16-6-5-7-17(14-23)19(16)22-10-8-21(3)9-11-22/h12,16-17,19H,4-11,13-14H2,1-3H3. The number of rotatable bonds is 4. The van der Waals surface area contributed by atoms with Crippen molar-refractivity contribution in [1.29, 1.82) is 0 Å². The molecule has 27 heavy (non-hydrogen) atoms. The van der Waals surface area contributed by atoms with Gasteiger partial charge in [0.2, 0.25) is 10.0 Å². The molecule has 7 nitrogen and oxygen atoms in total. The Labute approximate surface area is 163 Å². The number of hydrogen-bond donors (Lipinski definition) is 0. The molecule has 0 amide bonds. The van der Waals surface area contributed by atoms with Crippen LogP contribution >= 0.6 is 0 Å². The molecule has 0 radical (unpaired) electrons. The lowest BCUT2D eigenvalue weighted by Gasteiger charge is -2.52. The van der Waals surface area contributed by atoms with E-state index in [1.165, 1.54) is 12.6 Å². The van der Waals surface area contributed by atoms with Crippen LogP contribution < -0.4 is 0 Å². The quantitative estimate of drug-likeness (QED) is 0.768. The van der Waals surface area contributed by atoms with E-state index in [0.29, 0.717) is 42.4 Å². The molecule has 1 aliphatic carbocycles. The average molecular weight is 396 g/mol. The second kappa shape index (κ2) is 7.46. The molecule has 1 aromatic heterocycles. The summed E-state index contributed by atoms with van der Waals surface area (Å²) in [6, 6.07) is 0.554. The maximum Gasteiger partial charge on any atom is 0.246 e. The van der Waals surface area contributed by atoms with Gasteiger partial charge < -0.3 is 4.90 Å². The Bertz CT molecular complexity index is 755. The predicted octanol–water partition coefficient (Wildman–Crippen LogP) is 1.25. The van der Waals surface area contributed by atoms with Crippen molar-refractivity contribution in [2.75, 3.05) is 46.3 Å². The van der Waals surface area contributed by atoms with Crippen LogP contribution in [0, 0.1) is 18.8 Å². The van der Waals surface area contributed by atoms with Crippen LogP contribution in [-0.2, 0) is 16.6 Å². The lowest BCUT2D eigenvalue weighted by Crippen LogP contribution is -2.62. The lowest BCUT2D eigenvalue weighted by atomic mass is 9.73. The molecule has 2 aliphatic heterocycles. The maximum absolute atomic E-state index is 13.3. The summed E-state index contributed by atoms with van der Waals surface area (Å²) in [5.74, 6) is 0.911. The number of piperazine rings is 1. The van der Waals surface area contributed by atoms with Gasteiger partial charge in [-0.3, -0.25) is 9.58 Å². The first-order valence-electron chi connectivity index (χ1n) is 10.4. The van der Waals surface area contributed by atoms with Gasteiger partial charge in [-0.2, -0.15) is 9.40 Å². The molecule has 2 atom stereocenters. The third-order valence-electron chi connectivity index (χ3n) is 6.93. The predicted molar refractivity (Wildman–Crippen MR) is 105 cm³/mol. The normalized spacial score (nSPS) is 31.3. The van der Waals surface area contributed by atoms with Gasteiger partial charge in [0.05, 0.1) is 11.9 Å². The van der Waals surface area contributed by atoms with Crippen molar-refractivity contribution in [2.24, 2.45) is 11.8 Å². The van der Waals surface area contributed by atoms with E-state index >= 15 is 0 Å². The zero-order valence-corrected chi connectivity index (χ0v) is 17.7. The van der Waals surface area contributed by atoms with Crippen molar-refractivity contribution in [3.8, 4) is 0 Å². The minimum atomic E-state index is -3.46. The topological polar surface area (TPSA) is 61.7 Å². The van der Waals surface area contributed by atoms with Gasteiger partial charge in [-0.05, 0) is 45.6 Å². The summed E-state index contributed by atoms with van der Waals surface area (Å²) in [6.07, 6.45) is 5.07. The highest BCUT2D eigenvalue weighted by atomic mass is 32.2. The van der Waals surface area contributed by atoms with Gasteiger partial charge in [0.1, 0.15) is 4.90 Å². The number of hydrogen-bond acceptors (Lipinski definition) is 5. The SMILES string of the molecule is CCn1ncc(S(=O)(=O)N2CC3CCCC(C2)C3N2CCN(C)CC2)c1C. The molecule has 1 aromatic rings. The molecule has 2 saturated heterocycles. The number of likely N-dealkylation sites (N-methyl/N-ethyl adjacent to an activating group) is 1. The fraction of sp³-hybridized carbons (Fsp3) is 0.842. The Kier molecular flexibility index (Phi) is 5.35. The lowest BCUT2D eigenvalue weighted by molar-refractivity contribution is -0.0141. The summed E-state index contributed by atoms with van der Waals surface area (Å²) >= 11 is 0. The zero-order valence-electron chi connectivity index (χ0n) is 16.8. The number of nitrogens with zero attached hydrogens (tertiary/aromatic N) is 5. The molecule has 4 rings (SSSR count). The van der Waals surface area contributed by atoms with Crippen LogP contribution in [0.15, 0.2) is 11.1 Å². The van der Waals surface area contributed by atoms with E-state index in [1.54, 1.807) is 8.99 Å². The van der Waals surface area contributed by atoms with Gasteiger partial charge in [-0.25, -0.2) is 8.42 Å². The Morgan fingerprint density at radius 2 is 1.74 bits per heavy atom. The molecule has 2 unspecified atom stereocenters. The van der Waals surface area contributed by atoms with Crippen LogP contribution in [0.5, 0.6) is 0 Å². The Morgan fingerprint density at radius 3 is 2.30 bits per heavy atom. The van der Waals surface area contributed by atoms with Gasteiger partial charge in [-0.1, -0.05) is 6.42 Å². The fourth-order valence-electron chi connectivity index (χ4n) is 5.42. The molecule has 0 N–H and O–H groups in total. The number of aryl methyl sites for hydroxylation is 1. The highest BCUT2D eigenvalue weighted by molar-refractivity contribution is 7.89. The van der Waals surface area contributed by atoms with Crippen molar-refractivity contribution in [3.05, 3.63) is 11.9 Å². The highest BCUT2D eigenvalue weighted by Crippen LogP contribution is 2.40. The maximum atomic E-state index is 13.3. The molecule has 3 fully saturated rings. The van der Waals surface area contributed by atoms with Crippen molar-refractivity contribution in [3.63, 3.8) is 0 Å². The molecule has 3 aliphatic rings. The van der Waals surface area contributed by atoms with Gasteiger partial charge in [0, 0.05) is 51.9 Å². The van der Waals surface area contributed by atoms with E-state index in [-0.39, 0.29) is 0 Å². The summed E-state index contributed by atoms with van der Waals surface area (Å²) in [6.45, 7) is 10.3. The first kappa shape index (κ1) is 19.4. The van der Waals surface area contributed by atoms with Gasteiger partial charge in [0.25, 0.3) is 0 Å². The van der Waals surface area contributed by atoms with Gasteiger partial charge in [-0.15, -0.1) is 0 Å². The van der Waals surface area contributed by atoms with Crippen LogP contribution in [0.3, 0.4) is 0 Å². The fourth-order valence-corrected chi connectivity index (χ4v) is 7.13. The monoisotopic (exact) mass is 395 g/mol. The number of piperidine rings is 1. The van der Waals surface area contributed by atoms with Crippen molar-refractivity contribution < 1.29 is 8.42 Å². The Morgan fingerprint density at radius 1 is 1.11 bits per heavy atom. The van der Waals surface area contributed by atoms with Crippen LogP contribution in [0.2, 0.25) is 0 Å². The smallest absolute Gasteiger partial charge is 0.246 e. The molecule has 0 spiro atoms. The molecular weight excluding hydrogens is 362 g/mol. The Balaban J connectivity index is 1.55. The van der Waals surface area contributed by atoms with Crippen LogP contribution in [0.25, 0.3) is 0 Å². The summed E-state index contributed by atoms with van der Waals surface area (Å²) < 4.78 is 30.2. The molecule has 8 heteroatoms. The zero-order chi connectivity index (χ0) is 19.2. The van der Waals surface area contributed by atoms with E-state index in [2.05, 4.69) is 21.9 Å². The minimum Gasteiger partial charge on any atom is -0.304 e. The highest BCUT2D eigenvalue weighted by Gasteiger charge is 2.46. The van der Waals surface area contributed by atoms with Gasteiger partial charge in [0.15, 0.2) is 0 Å². The van der Waals surface area contributed by atoms with Crippen LogP contribution in [0.1, 0.15) is 31.9 Å². The molecule has 0 aromatic carbocycles. The first-order chi connectivity index (χ1) is 12.9. The van der Waals surface area contributed by atoms with Crippen molar-refractivity contribution in [2.45, 2.75) is 50.6 Å². The van der Waals surface area contributed by atoms with Crippen LogP contribution in [-0.4, -0.2) is 84.7 Å². The summed E-state index contributed by atoms with van der Waals surface area (Å²) in [4.78, 5) is 5.43. The van der Waals surface area contributed by atoms with E-state index < -0.39 is 10.0 Å². The molecule has 1 saturated carbocycles. The number of fused-ring (bicyclic) bond motifs is 2. The third-order valence-corrected chi connectivity index (χ3v) is 8.86. The first-order valence-corrected chi connectivity index (χ1v) is 11.8. The Hall–Kier alpha value is -0.960.